The number of carbonyl (C=O) groups excluding carboxylic acids is 1. The highest BCUT2D eigenvalue weighted by molar-refractivity contribution is 5.76. The lowest BCUT2D eigenvalue weighted by Crippen LogP contribution is -2.37. The van der Waals surface area contributed by atoms with E-state index in [0.717, 1.165) is 32.5 Å². The Morgan fingerprint density at radius 3 is 2.63 bits per heavy atom. The summed E-state index contributed by atoms with van der Waals surface area (Å²) in [6.45, 7) is 7.68. The number of hydrogen-bond acceptors (Lipinski definition) is 2. The van der Waals surface area contributed by atoms with E-state index in [2.05, 4.69) is 24.1 Å². The van der Waals surface area contributed by atoms with Gasteiger partial charge in [-0.15, -0.1) is 0 Å². The lowest BCUT2D eigenvalue weighted by molar-refractivity contribution is -0.132. The monoisotopic (exact) mass is 266 g/mol. The molecule has 3 unspecified atom stereocenters. The summed E-state index contributed by atoms with van der Waals surface area (Å²) < 4.78 is 0. The van der Waals surface area contributed by atoms with Crippen molar-refractivity contribution in [2.45, 2.75) is 64.8 Å². The fourth-order valence-electron chi connectivity index (χ4n) is 3.70. The molecule has 3 heteroatoms. The third kappa shape index (κ3) is 3.71. The van der Waals surface area contributed by atoms with Crippen molar-refractivity contribution in [2.75, 3.05) is 19.6 Å². The van der Waals surface area contributed by atoms with Crippen LogP contribution in [0.4, 0.5) is 0 Å². The van der Waals surface area contributed by atoms with Crippen molar-refractivity contribution in [3.05, 3.63) is 0 Å². The number of likely N-dealkylation sites (tertiary alicyclic amines) is 1. The second-order valence-electron chi connectivity index (χ2n) is 6.39. The smallest absolute Gasteiger partial charge is 0.222 e. The van der Waals surface area contributed by atoms with Gasteiger partial charge in [-0.25, -0.2) is 0 Å². The zero-order valence-electron chi connectivity index (χ0n) is 12.7. The van der Waals surface area contributed by atoms with E-state index in [0.29, 0.717) is 23.8 Å². The fraction of sp³-hybridized carbons (Fsp3) is 0.938. The van der Waals surface area contributed by atoms with Crippen molar-refractivity contribution in [1.82, 2.24) is 10.2 Å². The van der Waals surface area contributed by atoms with Crippen molar-refractivity contribution in [2.24, 2.45) is 11.8 Å². The maximum Gasteiger partial charge on any atom is 0.222 e. The van der Waals surface area contributed by atoms with Gasteiger partial charge in [-0.05, 0) is 25.2 Å². The van der Waals surface area contributed by atoms with E-state index >= 15 is 0 Å². The number of fused-ring (bicyclic) bond motifs is 1. The molecule has 3 atom stereocenters. The Morgan fingerprint density at radius 2 is 1.89 bits per heavy atom. The van der Waals surface area contributed by atoms with Crippen molar-refractivity contribution < 1.29 is 4.79 Å². The van der Waals surface area contributed by atoms with Crippen LogP contribution in [0.25, 0.3) is 0 Å². The predicted octanol–water partition coefficient (Wildman–Crippen LogP) is 2.80. The van der Waals surface area contributed by atoms with Crippen molar-refractivity contribution in [1.29, 1.82) is 0 Å². The number of nitrogens with zero attached hydrogens (tertiary/aromatic N) is 1. The molecule has 0 saturated carbocycles. The van der Waals surface area contributed by atoms with Crippen LogP contribution in [0.3, 0.4) is 0 Å². The minimum Gasteiger partial charge on any atom is -0.339 e. The Labute approximate surface area is 118 Å². The van der Waals surface area contributed by atoms with E-state index in [1.807, 2.05) is 0 Å². The standard InChI is InChI=1S/C16H30N2O/c1-3-4-5-6-7-8-9-16(19)18-12-14-10-17-11-15(14)13(18)2/h13-15,17H,3-12H2,1-2H3. The first-order valence-corrected chi connectivity index (χ1v) is 8.24. The summed E-state index contributed by atoms with van der Waals surface area (Å²) in [6.07, 6.45) is 8.34. The molecule has 0 spiro atoms. The highest BCUT2D eigenvalue weighted by Gasteiger charge is 2.43. The van der Waals surface area contributed by atoms with Crippen LogP contribution in [0.5, 0.6) is 0 Å². The van der Waals surface area contributed by atoms with Crippen LogP contribution in [0.2, 0.25) is 0 Å². The fourth-order valence-corrected chi connectivity index (χ4v) is 3.70. The molecule has 0 radical (unpaired) electrons. The van der Waals surface area contributed by atoms with E-state index in [-0.39, 0.29) is 0 Å². The summed E-state index contributed by atoms with van der Waals surface area (Å²) in [4.78, 5) is 14.4. The molecule has 3 nitrogen and oxygen atoms in total. The molecule has 1 amide bonds. The molecule has 2 rings (SSSR count). The second kappa shape index (κ2) is 7.28. The van der Waals surface area contributed by atoms with Crippen molar-refractivity contribution >= 4 is 5.91 Å². The molecule has 19 heavy (non-hydrogen) atoms. The summed E-state index contributed by atoms with van der Waals surface area (Å²) in [5.41, 5.74) is 0. The van der Waals surface area contributed by atoms with Crippen LogP contribution in [-0.2, 0) is 4.79 Å². The average Bonchev–Trinajstić information content (AvgIpc) is 2.97. The maximum absolute atomic E-state index is 12.3. The van der Waals surface area contributed by atoms with Gasteiger partial charge in [0.2, 0.25) is 5.91 Å². The number of nitrogens with one attached hydrogen (secondary N) is 1. The van der Waals surface area contributed by atoms with Crippen molar-refractivity contribution in [3.8, 4) is 0 Å². The first kappa shape index (κ1) is 14.8. The Hall–Kier alpha value is -0.570. The average molecular weight is 266 g/mol. The van der Waals surface area contributed by atoms with Crippen LogP contribution in [0.1, 0.15) is 58.8 Å². The normalized spacial score (nSPS) is 29.8. The van der Waals surface area contributed by atoms with Crippen LogP contribution in [0, 0.1) is 11.8 Å². The number of carbonyl (C=O) groups is 1. The Balaban J connectivity index is 1.64. The summed E-state index contributed by atoms with van der Waals surface area (Å²) in [7, 11) is 0. The van der Waals surface area contributed by atoms with Crippen molar-refractivity contribution in [3.63, 3.8) is 0 Å². The topological polar surface area (TPSA) is 32.3 Å². The van der Waals surface area contributed by atoms with Gasteiger partial charge >= 0.3 is 0 Å². The van der Waals surface area contributed by atoms with Crippen LogP contribution in [-0.4, -0.2) is 36.5 Å². The number of unbranched alkanes of at least 4 members (excludes halogenated alkanes) is 5. The van der Waals surface area contributed by atoms with Crippen LogP contribution in [0.15, 0.2) is 0 Å². The molecule has 0 aliphatic carbocycles. The molecular weight excluding hydrogens is 236 g/mol. The molecule has 2 heterocycles. The molecule has 0 aromatic carbocycles. The molecule has 0 bridgehead atoms. The highest BCUT2D eigenvalue weighted by atomic mass is 16.2. The molecule has 1 N–H and O–H groups in total. The first-order chi connectivity index (χ1) is 9.24. The van der Waals surface area contributed by atoms with E-state index < -0.39 is 0 Å². The summed E-state index contributed by atoms with van der Waals surface area (Å²) in [5.74, 6) is 1.81. The zero-order chi connectivity index (χ0) is 13.7. The van der Waals surface area contributed by atoms with Gasteiger partial charge in [0, 0.05) is 32.1 Å². The summed E-state index contributed by atoms with van der Waals surface area (Å²) in [6, 6.07) is 0.451. The van der Waals surface area contributed by atoms with E-state index in [1.165, 1.54) is 32.1 Å². The number of hydrogen-bond donors (Lipinski definition) is 1. The SMILES string of the molecule is CCCCCCCCC(=O)N1CC2CNCC2C1C. The predicted molar refractivity (Wildman–Crippen MR) is 79.0 cm³/mol. The minimum atomic E-state index is 0.400. The molecule has 110 valence electrons. The molecule has 2 aliphatic heterocycles. The van der Waals surface area contributed by atoms with E-state index in [4.69, 9.17) is 0 Å². The third-order valence-electron chi connectivity index (χ3n) is 5.00. The highest BCUT2D eigenvalue weighted by Crippen LogP contribution is 2.32. The minimum absolute atomic E-state index is 0.400. The Kier molecular flexibility index (Phi) is 5.68. The molecule has 2 saturated heterocycles. The van der Waals surface area contributed by atoms with Crippen LogP contribution >= 0.6 is 0 Å². The number of rotatable bonds is 7. The van der Waals surface area contributed by atoms with Gasteiger partial charge in [0.05, 0.1) is 0 Å². The number of amides is 1. The van der Waals surface area contributed by atoms with Gasteiger partial charge in [-0.1, -0.05) is 39.0 Å². The third-order valence-corrected chi connectivity index (χ3v) is 5.00. The molecule has 0 aromatic rings. The summed E-state index contributed by atoms with van der Waals surface area (Å²) in [5, 5.41) is 3.45. The Morgan fingerprint density at radius 1 is 1.16 bits per heavy atom. The van der Waals surface area contributed by atoms with Gasteiger partial charge in [0.1, 0.15) is 0 Å². The van der Waals surface area contributed by atoms with Gasteiger partial charge in [0.25, 0.3) is 0 Å². The van der Waals surface area contributed by atoms with Gasteiger partial charge in [-0.3, -0.25) is 4.79 Å². The zero-order valence-corrected chi connectivity index (χ0v) is 12.7. The van der Waals surface area contributed by atoms with E-state index in [1.54, 1.807) is 0 Å². The molecule has 2 fully saturated rings. The van der Waals surface area contributed by atoms with Gasteiger partial charge in [0.15, 0.2) is 0 Å². The second-order valence-corrected chi connectivity index (χ2v) is 6.39. The molecular formula is C16H30N2O. The Bertz CT molecular complexity index is 292. The first-order valence-electron chi connectivity index (χ1n) is 8.24. The lowest BCUT2D eigenvalue weighted by atomic mass is 9.95. The van der Waals surface area contributed by atoms with Gasteiger partial charge in [-0.2, -0.15) is 0 Å². The van der Waals surface area contributed by atoms with E-state index in [9.17, 15) is 4.79 Å². The quantitative estimate of drug-likeness (QED) is 0.719. The van der Waals surface area contributed by atoms with Gasteiger partial charge < -0.3 is 10.2 Å². The summed E-state index contributed by atoms with van der Waals surface area (Å²) >= 11 is 0. The molecule has 0 aromatic heterocycles. The largest absolute Gasteiger partial charge is 0.339 e. The lowest BCUT2D eigenvalue weighted by Gasteiger charge is -2.24. The maximum atomic E-state index is 12.3. The van der Waals surface area contributed by atoms with Crippen LogP contribution < -0.4 is 5.32 Å². The molecule has 2 aliphatic rings.